The maximum atomic E-state index is 12.3. The molecule has 0 aliphatic rings. The van der Waals surface area contributed by atoms with E-state index in [1.807, 2.05) is 31.2 Å². The standard InChI is InChI=1S/C19H22N2O5S/c1-12-7-5-6-8-16(12)27-11-17(22)20-21-19(23)13-9-14(24-2)18(26-4)15(10-13)25-3/h5-10H,11H2,1-4H3,(H,20,22)(H,21,23). The molecule has 0 heterocycles. The summed E-state index contributed by atoms with van der Waals surface area (Å²) in [5, 5.41) is 0. The molecule has 0 unspecified atom stereocenters. The number of methoxy groups -OCH3 is 3. The smallest absolute Gasteiger partial charge is 0.269 e. The van der Waals surface area contributed by atoms with E-state index in [2.05, 4.69) is 10.9 Å². The van der Waals surface area contributed by atoms with Crippen LogP contribution >= 0.6 is 11.8 Å². The number of carbonyl (C=O) groups is 2. The largest absolute Gasteiger partial charge is 0.493 e. The second-order valence-electron chi connectivity index (χ2n) is 5.47. The maximum Gasteiger partial charge on any atom is 0.269 e. The van der Waals surface area contributed by atoms with Crippen molar-refractivity contribution in [2.75, 3.05) is 27.1 Å². The molecule has 2 aromatic rings. The van der Waals surface area contributed by atoms with Gasteiger partial charge in [-0.2, -0.15) is 0 Å². The molecule has 2 aromatic carbocycles. The van der Waals surface area contributed by atoms with Crippen molar-refractivity contribution in [2.24, 2.45) is 0 Å². The number of ether oxygens (including phenoxy) is 3. The summed E-state index contributed by atoms with van der Waals surface area (Å²) < 4.78 is 15.7. The van der Waals surface area contributed by atoms with Crippen LogP contribution in [0.25, 0.3) is 0 Å². The zero-order valence-electron chi connectivity index (χ0n) is 15.6. The number of rotatable bonds is 7. The Bertz CT molecular complexity index is 800. The Hall–Kier alpha value is -2.87. The van der Waals surface area contributed by atoms with Gasteiger partial charge in [0.05, 0.1) is 27.1 Å². The van der Waals surface area contributed by atoms with E-state index in [0.717, 1.165) is 10.5 Å². The molecule has 7 nitrogen and oxygen atoms in total. The van der Waals surface area contributed by atoms with Gasteiger partial charge in [-0.05, 0) is 30.7 Å². The number of thioether (sulfide) groups is 1. The first-order chi connectivity index (χ1) is 13.0. The Morgan fingerprint density at radius 2 is 1.59 bits per heavy atom. The summed E-state index contributed by atoms with van der Waals surface area (Å²) in [6.45, 7) is 1.98. The van der Waals surface area contributed by atoms with Crippen molar-refractivity contribution in [2.45, 2.75) is 11.8 Å². The molecule has 0 fully saturated rings. The number of amides is 2. The Morgan fingerprint density at radius 1 is 0.963 bits per heavy atom. The van der Waals surface area contributed by atoms with Crippen molar-refractivity contribution in [1.29, 1.82) is 0 Å². The third kappa shape index (κ3) is 5.30. The number of carbonyl (C=O) groups excluding carboxylic acids is 2. The topological polar surface area (TPSA) is 85.9 Å². The van der Waals surface area contributed by atoms with Gasteiger partial charge >= 0.3 is 0 Å². The van der Waals surface area contributed by atoms with E-state index in [1.54, 1.807) is 0 Å². The van der Waals surface area contributed by atoms with Gasteiger partial charge < -0.3 is 14.2 Å². The molecule has 0 aliphatic carbocycles. The molecule has 0 radical (unpaired) electrons. The lowest BCUT2D eigenvalue weighted by molar-refractivity contribution is -0.119. The molecule has 2 amide bonds. The highest BCUT2D eigenvalue weighted by Crippen LogP contribution is 2.38. The third-order valence-electron chi connectivity index (χ3n) is 3.69. The average molecular weight is 390 g/mol. The minimum Gasteiger partial charge on any atom is -0.493 e. The van der Waals surface area contributed by atoms with E-state index >= 15 is 0 Å². The highest BCUT2D eigenvalue weighted by Gasteiger charge is 2.17. The number of aryl methyl sites for hydroxylation is 1. The predicted octanol–water partition coefficient (Wildman–Crippen LogP) is 2.57. The molecule has 0 saturated heterocycles. The molecular weight excluding hydrogens is 368 g/mol. The fourth-order valence-electron chi connectivity index (χ4n) is 2.31. The molecule has 0 atom stereocenters. The molecule has 2 N–H and O–H groups in total. The second-order valence-corrected chi connectivity index (χ2v) is 6.49. The van der Waals surface area contributed by atoms with Gasteiger partial charge in [-0.3, -0.25) is 20.4 Å². The first-order valence-electron chi connectivity index (χ1n) is 8.07. The van der Waals surface area contributed by atoms with Gasteiger partial charge in [0.15, 0.2) is 11.5 Å². The summed E-state index contributed by atoms with van der Waals surface area (Å²) >= 11 is 1.40. The van der Waals surface area contributed by atoms with Crippen molar-refractivity contribution < 1.29 is 23.8 Å². The molecule has 144 valence electrons. The maximum absolute atomic E-state index is 12.3. The van der Waals surface area contributed by atoms with Gasteiger partial charge in [-0.15, -0.1) is 11.8 Å². The first-order valence-corrected chi connectivity index (χ1v) is 9.06. The van der Waals surface area contributed by atoms with Gasteiger partial charge in [0, 0.05) is 10.5 Å². The minimum absolute atomic E-state index is 0.181. The molecule has 0 spiro atoms. The summed E-state index contributed by atoms with van der Waals surface area (Å²) in [4.78, 5) is 25.3. The molecule has 2 rings (SSSR count). The van der Waals surface area contributed by atoms with Crippen LogP contribution in [0.15, 0.2) is 41.3 Å². The van der Waals surface area contributed by atoms with Crippen LogP contribution in [0.3, 0.4) is 0 Å². The molecule has 0 saturated carbocycles. The van der Waals surface area contributed by atoms with Crippen molar-refractivity contribution >= 4 is 23.6 Å². The van der Waals surface area contributed by atoms with Gasteiger partial charge in [0.1, 0.15) is 0 Å². The Labute approximate surface area is 162 Å². The normalized spacial score (nSPS) is 10.1. The fraction of sp³-hybridized carbons (Fsp3) is 0.263. The van der Waals surface area contributed by atoms with Gasteiger partial charge in [0.25, 0.3) is 5.91 Å². The van der Waals surface area contributed by atoms with Crippen molar-refractivity contribution in [1.82, 2.24) is 10.9 Å². The molecule has 0 aromatic heterocycles. The molecule has 0 aliphatic heterocycles. The zero-order valence-corrected chi connectivity index (χ0v) is 16.4. The number of hydrogen-bond acceptors (Lipinski definition) is 6. The lowest BCUT2D eigenvalue weighted by Crippen LogP contribution is -2.42. The number of benzene rings is 2. The lowest BCUT2D eigenvalue weighted by Gasteiger charge is -2.14. The van der Waals surface area contributed by atoms with Crippen LogP contribution < -0.4 is 25.1 Å². The van der Waals surface area contributed by atoms with E-state index in [-0.39, 0.29) is 17.2 Å². The van der Waals surface area contributed by atoms with Crippen LogP contribution in [0.4, 0.5) is 0 Å². The number of hydrazine groups is 1. The average Bonchev–Trinajstić information content (AvgIpc) is 2.70. The fourth-order valence-corrected chi connectivity index (χ4v) is 3.14. The van der Waals surface area contributed by atoms with E-state index in [4.69, 9.17) is 14.2 Å². The summed E-state index contributed by atoms with van der Waals surface area (Å²) in [7, 11) is 4.40. The highest BCUT2D eigenvalue weighted by atomic mass is 32.2. The van der Waals surface area contributed by atoms with Crippen LogP contribution in [0.2, 0.25) is 0 Å². The first kappa shape index (κ1) is 20.4. The molecule has 27 heavy (non-hydrogen) atoms. The van der Waals surface area contributed by atoms with E-state index < -0.39 is 5.91 Å². The SMILES string of the molecule is COc1cc(C(=O)NNC(=O)CSc2ccccc2C)cc(OC)c1OC. The Kier molecular flexibility index (Phi) is 7.36. The highest BCUT2D eigenvalue weighted by molar-refractivity contribution is 8.00. The van der Waals surface area contributed by atoms with Crippen molar-refractivity contribution in [3.8, 4) is 17.2 Å². The van der Waals surface area contributed by atoms with Gasteiger partial charge in [-0.25, -0.2) is 0 Å². The van der Waals surface area contributed by atoms with Crippen LogP contribution in [-0.4, -0.2) is 38.9 Å². The monoisotopic (exact) mass is 390 g/mol. The Balaban J connectivity index is 1.97. The van der Waals surface area contributed by atoms with Crippen molar-refractivity contribution in [3.05, 3.63) is 47.5 Å². The lowest BCUT2D eigenvalue weighted by atomic mass is 10.1. The summed E-state index contributed by atoms with van der Waals surface area (Å²) in [5.74, 6) is 0.454. The minimum atomic E-state index is -0.497. The quantitative estimate of drug-likeness (QED) is 0.558. The second kappa shape index (κ2) is 9.72. The van der Waals surface area contributed by atoms with Crippen LogP contribution in [0.1, 0.15) is 15.9 Å². The molecular formula is C19H22N2O5S. The van der Waals surface area contributed by atoms with E-state index in [0.29, 0.717) is 17.2 Å². The number of hydrogen-bond donors (Lipinski definition) is 2. The molecule has 8 heteroatoms. The molecule has 0 bridgehead atoms. The third-order valence-corrected chi connectivity index (χ3v) is 4.87. The van der Waals surface area contributed by atoms with E-state index in [1.165, 1.54) is 45.2 Å². The van der Waals surface area contributed by atoms with Gasteiger partial charge in [0.2, 0.25) is 11.7 Å². The van der Waals surface area contributed by atoms with Crippen LogP contribution in [-0.2, 0) is 4.79 Å². The summed E-state index contributed by atoms with van der Waals surface area (Å²) in [6.07, 6.45) is 0. The van der Waals surface area contributed by atoms with Crippen LogP contribution in [0, 0.1) is 6.92 Å². The predicted molar refractivity (Wildman–Crippen MR) is 104 cm³/mol. The van der Waals surface area contributed by atoms with Crippen molar-refractivity contribution in [3.63, 3.8) is 0 Å². The van der Waals surface area contributed by atoms with Crippen LogP contribution in [0.5, 0.6) is 17.2 Å². The van der Waals surface area contributed by atoms with E-state index in [9.17, 15) is 9.59 Å². The summed E-state index contributed by atoms with van der Waals surface area (Å²) in [6, 6.07) is 10.8. The zero-order chi connectivity index (χ0) is 19.8. The Morgan fingerprint density at radius 3 is 2.15 bits per heavy atom. The number of nitrogens with one attached hydrogen (secondary N) is 2. The summed E-state index contributed by atoms with van der Waals surface area (Å²) in [5.41, 5.74) is 6.14. The van der Waals surface area contributed by atoms with Gasteiger partial charge in [-0.1, -0.05) is 18.2 Å².